The summed E-state index contributed by atoms with van der Waals surface area (Å²) in [6, 6.07) is 6.34. The number of aryl methyl sites for hydroxylation is 1. The summed E-state index contributed by atoms with van der Waals surface area (Å²) in [5, 5.41) is 13.8. The monoisotopic (exact) mass is 396 g/mol. The predicted octanol–water partition coefficient (Wildman–Crippen LogP) is 3.72. The fourth-order valence-corrected chi connectivity index (χ4v) is 3.12. The molecule has 6 nitrogen and oxygen atoms in total. The number of halogens is 2. The quantitative estimate of drug-likeness (QED) is 0.686. The normalized spacial score (nSPS) is 17.1. The number of amides is 1. The van der Waals surface area contributed by atoms with Crippen molar-refractivity contribution < 1.29 is 9.32 Å². The average molecular weight is 397 g/mol. The predicted molar refractivity (Wildman–Crippen MR) is 101 cm³/mol. The standard InChI is InChI=1S/C16H14Cl2N4O2S/c1-7-5-12(22-24-7)20-15(23)13-8(2)19-16(25)21-14(13)9-3-4-10(17)11(18)6-9/h3-6,14H,1-2H3,(H2,19,21,25)(H,20,22,23). The number of benzene rings is 1. The molecule has 130 valence electrons. The summed E-state index contributed by atoms with van der Waals surface area (Å²) in [6.07, 6.45) is 0. The van der Waals surface area contributed by atoms with E-state index in [2.05, 4.69) is 21.1 Å². The van der Waals surface area contributed by atoms with Crippen molar-refractivity contribution >= 4 is 52.3 Å². The van der Waals surface area contributed by atoms with Gasteiger partial charge in [-0.3, -0.25) is 4.79 Å². The van der Waals surface area contributed by atoms with Crippen LogP contribution >= 0.6 is 35.4 Å². The molecular formula is C16H14Cl2N4O2S. The minimum absolute atomic E-state index is 0.329. The van der Waals surface area contributed by atoms with Crippen LogP contribution in [0.3, 0.4) is 0 Å². The highest BCUT2D eigenvalue weighted by molar-refractivity contribution is 7.80. The minimum atomic E-state index is -0.475. The Labute approximate surface area is 159 Å². The van der Waals surface area contributed by atoms with E-state index in [-0.39, 0.29) is 5.91 Å². The number of allylic oxidation sites excluding steroid dienone is 1. The van der Waals surface area contributed by atoms with Crippen molar-refractivity contribution in [3.05, 3.63) is 56.9 Å². The summed E-state index contributed by atoms with van der Waals surface area (Å²) in [7, 11) is 0. The molecule has 3 N–H and O–H groups in total. The minimum Gasteiger partial charge on any atom is -0.360 e. The molecule has 1 aromatic heterocycles. The highest BCUT2D eigenvalue weighted by Crippen LogP contribution is 2.31. The van der Waals surface area contributed by atoms with Crippen LogP contribution in [0, 0.1) is 6.92 Å². The maximum atomic E-state index is 12.8. The van der Waals surface area contributed by atoms with E-state index in [4.69, 9.17) is 39.9 Å². The van der Waals surface area contributed by atoms with Gasteiger partial charge in [0.05, 0.1) is 21.7 Å². The first-order valence-corrected chi connectivity index (χ1v) is 8.49. The zero-order chi connectivity index (χ0) is 18.1. The second-order valence-corrected chi connectivity index (χ2v) is 6.74. The molecule has 1 unspecified atom stereocenters. The molecule has 1 amide bonds. The molecule has 0 radical (unpaired) electrons. The fraction of sp³-hybridized carbons (Fsp3) is 0.188. The Balaban J connectivity index is 1.97. The number of hydrogen-bond acceptors (Lipinski definition) is 4. The zero-order valence-electron chi connectivity index (χ0n) is 13.3. The lowest BCUT2D eigenvalue weighted by molar-refractivity contribution is -0.113. The van der Waals surface area contributed by atoms with Crippen molar-refractivity contribution in [1.82, 2.24) is 15.8 Å². The Kier molecular flexibility index (Phi) is 4.99. The number of carbonyl (C=O) groups excluding carboxylic acids is 1. The van der Waals surface area contributed by atoms with Crippen LogP contribution in [0.4, 0.5) is 5.82 Å². The third kappa shape index (κ3) is 3.78. The van der Waals surface area contributed by atoms with E-state index in [1.54, 1.807) is 38.1 Å². The SMILES string of the molecule is CC1=C(C(=O)Nc2cc(C)on2)C(c2ccc(Cl)c(Cl)c2)NC(=S)N1. The van der Waals surface area contributed by atoms with Gasteiger partial charge >= 0.3 is 0 Å². The van der Waals surface area contributed by atoms with E-state index in [0.29, 0.717) is 38.0 Å². The lowest BCUT2D eigenvalue weighted by Gasteiger charge is -2.30. The highest BCUT2D eigenvalue weighted by atomic mass is 35.5. The van der Waals surface area contributed by atoms with Crippen molar-refractivity contribution in [3.63, 3.8) is 0 Å². The van der Waals surface area contributed by atoms with Gasteiger partial charge in [0.2, 0.25) is 0 Å². The van der Waals surface area contributed by atoms with Crippen LogP contribution in [0.15, 0.2) is 40.1 Å². The van der Waals surface area contributed by atoms with Crippen molar-refractivity contribution in [2.45, 2.75) is 19.9 Å². The first-order valence-electron chi connectivity index (χ1n) is 7.33. The van der Waals surface area contributed by atoms with E-state index >= 15 is 0 Å². The Bertz CT molecular complexity index is 894. The van der Waals surface area contributed by atoms with Gasteiger partial charge in [0.15, 0.2) is 10.9 Å². The number of hydrogen-bond donors (Lipinski definition) is 3. The molecule has 0 spiro atoms. The molecule has 25 heavy (non-hydrogen) atoms. The van der Waals surface area contributed by atoms with Crippen LogP contribution in [-0.2, 0) is 4.79 Å². The topological polar surface area (TPSA) is 79.2 Å². The summed E-state index contributed by atoms with van der Waals surface area (Å²) < 4.78 is 4.97. The molecule has 1 aliphatic rings. The number of carbonyl (C=O) groups is 1. The van der Waals surface area contributed by atoms with Crippen molar-refractivity contribution in [2.24, 2.45) is 0 Å². The molecule has 0 fully saturated rings. The molecule has 2 aromatic rings. The van der Waals surface area contributed by atoms with Crippen molar-refractivity contribution in [1.29, 1.82) is 0 Å². The van der Waals surface area contributed by atoms with E-state index in [1.807, 2.05) is 0 Å². The second kappa shape index (κ2) is 7.03. The third-order valence-corrected chi connectivity index (χ3v) is 4.62. The van der Waals surface area contributed by atoms with E-state index in [1.165, 1.54) is 0 Å². The maximum Gasteiger partial charge on any atom is 0.257 e. The Hall–Kier alpha value is -2.09. The summed E-state index contributed by atoms with van der Waals surface area (Å²) in [4.78, 5) is 12.8. The molecule has 1 aromatic carbocycles. The lowest BCUT2D eigenvalue weighted by atomic mass is 9.95. The van der Waals surface area contributed by atoms with Crippen molar-refractivity contribution in [2.75, 3.05) is 5.32 Å². The molecule has 0 bridgehead atoms. The second-order valence-electron chi connectivity index (χ2n) is 5.52. The Morgan fingerprint density at radius 3 is 2.68 bits per heavy atom. The van der Waals surface area contributed by atoms with Crippen LogP contribution in [0.5, 0.6) is 0 Å². The zero-order valence-corrected chi connectivity index (χ0v) is 15.6. The highest BCUT2D eigenvalue weighted by Gasteiger charge is 2.30. The van der Waals surface area contributed by atoms with E-state index in [0.717, 1.165) is 5.56 Å². The molecule has 9 heteroatoms. The van der Waals surface area contributed by atoms with Gasteiger partial charge in [-0.1, -0.05) is 34.4 Å². The van der Waals surface area contributed by atoms with Crippen molar-refractivity contribution in [3.8, 4) is 0 Å². The first kappa shape index (κ1) is 17.7. The molecular weight excluding hydrogens is 383 g/mol. The lowest BCUT2D eigenvalue weighted by Crippen LogP contribution is -2.45. The Morgan fingerprint density at radius 1 is 1.28 bits per heavy atom. The van der Waals surface area contributed by atoms with Crippen LogP contribution < -0.4 is 16.0 Å². The summed E-state index contributed by atoms with van der Waals surface area (Å²) in [6.45, 7) is 3.52. The van der Waals surface area contributed by atoms with E-state index in [9.17, 15) is 4.79 Å². The molecule has 1 aliphatic heterocycles. The number of nitrogens with one attached hydrogen (secondary N) is 3. The van der Waals surface area contributed by atoms with Crippen LogP contribution in [0.2, 0.25) is 10.0 Å². The number of nitrogens with zero attached hydrogens (tertiary/aromatic N) is 1. The number of anilines is 1. The number of thiocarbonyl (C=S) groups is 1. The molecule has 0 aliphatic carbocycles. The van der Waals surface area contributed by atoms with Gasteiger partial charge in [0, 0.05) is 11.8 Å². The van der Waals surface area contributed by atoms with Gasteiger partial charge in [-0.25, -0.2) is 0 Å². The molecule has 0 saturated heterocycles. The van der Waals surface area contributed by atoms with Crippen LogP contribution in [0.1, 0.15) is 24.3 Å². The average Bonchev–Trinajstić information content (AvgIpc) is 2.94. The molecule has 1 atom stereocenters. The van der Waals surface area contributed by atoms with Crippen LogP contribution in [0.25, 0.3) is 0 Å². The summed E-state index contributed by atoms with van der Waals surface area (Å²) >= 11 is 17.3. The van der Waals surface area contributed by atoms with E-state index < -0.39 is 6.04 Å². The molecule has 3 rings (SSSR count). The smallest absolute Gasteiger partial charge is 0.257 e. The number of aromatic nitrogens is 1. The van der Waals surface area contributed by atoms with Gasteiger partial charge < -0.3 is 20.5 Å². The third-order valence-electron chi connectivity index (χ3n) is 3.66. The van der Waals surface area contributed by atoms with Gasteiger partial charge in [-0.2, -0.15) is 0 Å². The Morgan fingerprint density at radius 2 is 2.04 bits per heavy atom. The van der Waals surface area contributed by atoms with Gasteiger partial charge in [-0.15, -0.1) is 0 Å². The largest absolute Gasteiger partial charge is 0.360 e. The summed E-state index contributed by atoms with van der Waals surface area (Å²) in [5.74, 6) is 0.608. The maximum absolute atomic E-state index is 12.8. The molecule has 0 saturated carbocycles. The van der Waals surface area contributed by atoms with Crippen LogP contribution in [-0.4, -0.2) is 16.2 Å². The van der Waals surface area contributed by atoms with Gasteiger partial charge in [-0.05, 0) is 43.8 Å². The first-order chi connectivity index (χ1) is 11.8. The summed E-state index contributed by atoms with van der Waals surface area (Å²) in [5.41, 5.74) is 1.87. The van der Waals surface area contributed by atoms with Gasteiger partial charge in [0.1, 0.15) is 5.76 Å². The fourth-order valence-electron chi connectivity index (χ4n) is 2.55. The molecule has 2 heterocycles. The number of rotatable bonds is 3. The van der Waals surface area contributed by atoms with Gasteiger partial charge in [0.25, 0.3) is 5.91 Å².